The summed E-state index contributed by atoms with van der Waals surface area (Å²) >= 11 is 3.51. The number of carbonyl (C=O) groups excluding carboxylic acids is 1. The molecule has 2 rings (SSSR count). The third-order valence-corrected chi connectivity index (χ3v) is 4.12. The minimum absolute atomic E-state index is 0.130. The topological polar surface area (TPSA) is 32.3 Å². The second kappa shape index (κ2) is 7.48. The van der Waals surface area contributed by atoms with E-state index in [1.807, 2.05) is 6.07 Å². The molecule has 1 fully saturated rings. The Kier molecular flexibility index (Phi) is 5.65. The molecule has 4 heteroatoms. The minimum atomic E-state index is 0.130. The molecule has 1 aromatic carbocycles. The molecule has 1 saturated heterocycles. The fourth-order valence-electron chi connectivity index (χ4n) is 2.49. The van der Waals surface area contributed by atoms with Crippen molar-refractivity contribution < 1.29 is 4.79 Å². The Balaban J connectivity index is 1.78. The predicted octanol–water partition coefficient (Wildman–Crippen LogP) is 3.36. The molecular weight excluding hydrogens is 316 g/mol. The van der Waals surface area contributed by atoms with Crippen LogP contribution in [0.5, 0.6) is 0 Å². The Bertz CT molecular complexity index is 475. The Morgan fingerprint density at radius 3 is 3.15 bits per heavy atom. The normalized spacial score (nSPS) is 18.1. The number of anilines is 1. The fourth-order valence-corrected chi connectivity index (χ4v) is 2.87. The lowest BCUT2D eigenvalue weighted by molar-refractivity contribution is -0.121. The van der Waals surface area contributed by atoms with Gasteiger partial charge in [0.2, 0.25) is 5.91 Å². The van der Waals surface area contributed by atoms with Crippen LogP contribution in [-0.2, 0) is 4.79 Å². The van der Waals surface area contributed by atoms with E-state index in [4.69, 9.17) is 0 Å². The van der Waals surface area contributed by atoms with Crippen LogP contribution in [0, 0.1) is 5.92 Å². The van der Waals surface area contributed by atoms with Gasteiger partial charge in [0, 0.05) is 36.2 Å². The second-order valence-corrected chi connectivity index (χ2v) is 6.13. The van der Waals surface area contributed by atoms with Crippen LogP contribution in [0.15, 0.2) is 41.4 Å². The molecule has 1 amide bonds. The fraction of sp³-hybridized carbons (Fsp3) is 0.438. The molecule has 0 radical (unpaired) electrons. The van der Waals surface area contributed by atoms with Crippen LogP contribution in [0.25, 0.3) is 0 Å². The average Bonchev–Trinajstić information content (AvgIpc) is 2.92. The summed E-state index contributed by atoms with van der Waals surface area (Å²) in [6.45, 7) is 6.48. The molecule has 1 N–H and O–H groups in total. The number of benzene rings is 1. The van der Waals surface area contributed by atoms with Crippen molar-refractivity contribution in [2.75, 3.05) is 24.5 Å². The third kappa shape index (κ3) is 4.37. The lowest BCUT2D eigenvalue weighted by Gasteiger charge is -2.19. The summed E-state index contributed by atoms with van der Waals surface area (Å²) < 4.78 is 1.11. The summed E-state index contributed by atoms with van der Waals surface area (Å²) in [5.74, 6) is 0.674. The summed E-state index contributed by atoms with van der Waals surface area (Å²) in [6.07, 6.45) is 4.21. The first-order chi connectivity index (χ1) is 9.69. The highest BCUT2D eigenvalue weighted by Gasteiger charge is 2.23. The summed E-state index contributed by atoms with van der Waals surface area (Å²) in [6, 6.07) is 8.38. The number of hydrogen-bond acceptors (Lipinski definition) is 2. The first kappa shape index (κ1) is 15.1. The van der Waals surface area contributed by atoms with Gasteiger partial charge in [-0.25, -0.2) is 0 Å². The van der Waals surface area contributed by atoms with Crippen molar-refractivity contribution in [1.82, 2.24) is 5.32 Å². The maximum absolute atomic E-state index is 11.6. The van der Waals surface area contributed by atoms with Crippen LogP contribution in [0.2, 0.25) is 0 Å². The lowest BCUT2D eigenvalue weighted by Crippen LogP contribution is -2.30. The van der Waals surface area contributed by atoms with Gasteiger partial charge >= 0.3 is 0 Å². The predicted molar refractivity (Wildman–Crippen MR) is 86.9 cm³/mol. The molecular formula is C16H21BrN2O. The maximum Gasteiger partial charge on any atom is 0.220 e. The molecule has 20 heavy (non-hydrogen) atoms. The summed E-state index contributed by atoms with van der Waals surface area (Å²) in [5, 5.41) is 3.02. The summed E-state index contributed by atoms with van der Waals surface area (Å²) in [7, 11) is 0. The first-order valence-electron chi connectivity index (χ1n) is 7.07. The van der Waals surface area contributed by atoms with Crippen LogP contribution in [0.3, 0.4) is 0 Å². The summed E-state index contributed by atoms with van der Waals surface area (Å²) in [5.41, 5.74) is 1.25. The molecule has 3 nitrogen and oxygen atoms in total. The third-order valence-electron chi connectivity index (χ3n) is 3.62. The van der Waals surface area contributed by atoms with Crippen LogP contribution >= 0.6 is 15.9 Å². The first-order valence-corrected chi connectivity index (χ1v) is 7.86. The highest BCUT2D eigenvalue weighted by atomic mass is 79.9. The van der Waals surface area contributed by atoms with E-state index in [1.54, 1.807) is 6.08 Å². The van der Waals surface area contributed by atoms with Crippen molar-refractivity contribution in [3.05, 3.63) is 41.4 Å². The van der Waals surface area contributed by atoms with Crippen molar-refractivity contribution in [2.24, 2.45) is 5.92 Å². The quantitative estimate of drug-likeness (QED) is 0.808. The number of nitrogens with one attached hydrogen (secondary N) is 1. The van der Waals surface area contributed by atoms with Gasteiger partial charge in [0.25, 0.3) is 0 Å². The number of rotatable bonds is 6. The van der Waals surface area contributed by atoms with Crippen molar-refractivity contribution >= 4 is 27.5 Å². The lowest BCUT2D eigenvalue weighted by atomic mass is 10.1. The molecule has 108 valence electrons. The molecule has 0 aromatic heterocycles. The molecule has 1 aliphatic heterocycles. The van der Waals surface area contributed by atoms with E-state index in [9.17, 15) is 4.79 Å². The SMILES string of the molecule is C=CCCC(=O)NC[C@@H]1CCN(c2cccc(Br)c2)C1. The molecule has 1 aliphatic rings. The maximum atomic E-state index is 11.6. The van der Waals surface area contributed by atoms with Crippen LogP contribution < -0.4 is 10.2 Å². The van der Waals surface area contributed by atoms with E-state index >= 15 is 0 Å². The Morgan fingerprint density at radius 1 is 1.55 bits per heavy atom. The molecule has 1 atom stereocenters. The molecule has 1 heterocycles. The van der Waals surface area contributed by atoms with Gasteiger partial charge in [-0.2, -0.15) is 0 Å². The number of allylic oxidation sites excluding steroid dienone is 1. The number of hydrogen-bond donors (Lipinski definition) is 1. The van der Waals surface area contributed by atoms with Gasteiger partial charge < -0.3 is 10.2 Å². The van der Waals surface area contributed by atoms with E-state index in [0.717, 1.165) is 36.9 Å². The Hall–Kier alpha value is -1.29. The molecule has 0 spiro atoms. The zero-order chi connectivity index (χ0) is 14.4. The van der Waals surface area contributed by atoms with Gasteiger partial charge in [-0.1, -0.05) is 28.1 Å². The van der Waals surface area contributed by atoms with E-state index in [1.165, 1.54) is 5.69 Å². The highest BCUT2D eigenvalue weighted by Crippen LogP contribution is 2.25. The molecule has 0 aliphatic carbocycles. The minimum Gasteiger partial charge on any atom is -0.371 e. The van der Waals surface area contributed by atoms with Gasteiger partial charge in [-0.05, 0) is 37.0 Å². The number of halogens is 1. The standard InChI is InChI=1S/C16H21BrN2O/c1-2-3-7-16(20)18-11-13-8-9-19(12-13)15-6-4-5-14(17)10-15/h2,4-6,10,13H,1,3,7-9,11-12H2,(H,18,20)/t13-/m0/s1. The molecule has 1 aromatic rings. The molecule has 0 saturated carbocycles. The second-order valence-electron chi connectivity index (χ2n) is 5.21. The number of carbonyl (C=O) groups is 1. The van der Waals surface area contributed by atoms with Gasteiger partial charge in [0.15, 0.2) is 0 Å². The van der Waals surface area contributed by atoms with Gasteiger partial charge in [0.1, 0.15) is 0 Å². The molecule has 0 bridgehead atoms. The van der Waals surface area contributed by atoms with Crippen LogP contribution in [-0.4, -0.2) is 25.5 Å². The zero-order valence-electron chi connectivity index (χ0n) is 11.6. The van der Waals surface area contributed by atoms with Crippen molar-refractivity contribution in [2.45, 2.75) is 19.3 Å². The number of amides is 1. The smallest absolute Gasteiger partial charge is 0.220 e. The van der Waals surface area contributed by atoms with Crippen molar-refractivity contribution in [1.29, 1.82) is 0 Å². The van der Waals surface area contributed by atoms with Gasteiger partial charge in [0.05, 0.1) is 0 Å². The van der Waals surface area contributed by atoms with Crippen molar-refractivity contribution in [3.63, 3.8) is 0 Å². The van der Waals surface area contributed by atoms with Gasteiger partial charge in [-0.3, -0.25) is 4.79 Å². The van der Waals surface area contributed by atoms with E-state index in [2.05, 4.69) is 50.9 Å². The Morgan fingerprint density at radius 2 is 2.40 bits per heavy atom. The van der Waals surface area contributed by atoms with E-state index in [0.29, 0.717) is 12.3 Å². The average molecular weight is 337 g/mol. The van der Waals surface area contributed by atoms with Crippen LogP contribution in [0.1, 0.15) is 19.3 Å². The van der Waals surface area contributed by atoms with E-state index in [-0.39, 0.29) is 5.91 Å². The van der Waals surface area contributed by atoms with Gasteiger partial charge in [-0.15, -0.1) is 6.58 Å². The Labute approximate surface area is 129 Å². The largest absolute Gasteiger partial charge is 0.371 e. The van der Waals surface area contributed by atoms with Crippen LogP contribution in [0.4, 0.5) is 5.69 Å². The van der Waals surface area contributed by atoms with E-state index < -0.39 is 0 Å². The molecule has 0 unspecified atom stereocenters. The number of nitrogens with zero attached hydrogens (tertiary/aromatic N) is 1. The summed E-state index contributed by atoms with van der Waals surface area (Å²) in [4.78, 5) is 14.0. The van der Waals surface area contributed by atoms with Crippen molar-refractivity contribution in [3.8, 4) is 0 Å². The zero-order valence-corrected chi connectivity index (χ0v) is 13.2. The highest BCUT2D eigenvalue weighted by molar-refractivity contribution is 9.10. The monoisotopic (exact) mass is 336 g/mol.